The van der Waals surface area contributed by atoms with Gasteiger partial charge in [0.15, 0.2) is 11.9 Å². The molecule has 0 fully saturated rings. The molecule has 0 radical (unpaired) electrons. The van der Waals surface area contributed by atoms with E-state index >= 15 is 0 Å². The van der Waals surface area contributed by atoms with Gasteiger partial charge in [-0.05, 0) is 41.5 Å². The Labute approximate surface area is 201 Å². The number of aromatic nitrogens is 1. The topological polar surface area (TPSA) is 54.5 Å². The molecule has 4 aromatic carbocycles. The van der Waals surface area contributed by atoms with Gasteiger partial charge in [-0.2, -0.15) is 0 Å². The Kier molecular flexibility index (Phi) is 5.23. The smallest absolute Gasteiger partial charge is 0.176 e. The van der Waals surface area contributed by atoms with E-state index in [0.29, 0.717) is 11.3 Å². The lowest BCUT2D eigenvalue weighted by atomic mass is 9.82. The summed E-state index contributed by atoms with van der Waals surface area (Å²) < 4.78 is 13.7. The quantitative estimate of drug-likeness (QED) is 0.289. The van der Waals surface area contributed by atoms with Gasteiger partial charge in [-0.3, -0.25) is 4.79 Å². The first kappa shape index (κ1) is 21.1. The van der Waals surface area contributed by atoms with Crippen molar-refractivity contribution in [1.29, 1.82) is 0 Å². The molecule has 0 amide bonds. The lowest BCUT2D eigenvalue weighted by Crippen LogP contribution is -2.27. The molecule has 0 aliphatic carbocycles. The maximum absolute atomic E-state index is 13.9. The molecule has 2 atom stereocenters. The van der Waals surface area contributed by atoms with Crippen LogP contribution in [0.15, 0.2) is 114 Å². The average Bonchev–Trinajstić information content (AvgIpc) is 3.51. The number of carbonyl (C=O) groups is 1. The molecule has 1 aliphatic rings. The number of nitrogens with one attached hydrogen (secondary N) is 1. The summed E-state index contributed by atoms with van der Waals surface area (Å²) in [6.07, 6.45) is -0.561. The lowest BCUT2D eigenvalue weighted by Gasteiger charge is -2.19. The zero-order chi connectivity index (χ0) is 23.8. The Bertz CT molecular complexity index is 1540. The largest absolute Gasteiger partial charge is 0.386 e. The van der Waals surface area contributed by atoms with Crippen LogP contribution in [0.1, 0.15) is 27.6 Å². The fraction of sp³-hybridized carbons (Fsp3) is 0.0667. The van der Waals surface area contributed by atoms with Crippen LogP contribution in [0.4, 0.5) is 4.39 Å². The predicted molar refractivity (Wildman–Crippen MR) is 135 cm³/mol. The Hall–Kier alpha value is -4.51. The van der Waals surface area contributed by atoms with Crippen LogP contribution in [-0.2, 0) is 4.84 Å². The van der Waals surface area contributed by atoms with Crippen LogP contribution in [0.25, 0.3) is 22.2 Å². The fourth-order valence-electron chi connectivity index (χ4n) is 4.76. The van der Waals surface area contributed by atoms with Crippen LogP contribution in [0.5, 0.6) is 0 Å². The Morgan fingerprint density at radius 1 is 0.800 bits per heavy atom. The van der Waals surface area contributed by atoms with Crippen LogP contribution >= 0.6 is 0 Å². The van der Waals surface area contributed by atoms with Gasteiger partial charge in [0, 0.05) is 22.0 Å². The molecule has 170 valence electrons. The molecule has 35 heavy (non-hydrogen) atoms. The first-order valence-electron chi connectivity index (χ1n) is 11.5. The Balaban J connectivity index is 1.55. The third-order valence-corrected chi connectivity index (χ3v) is 6.43. The van der Waals surface area contributed by atoms with Crippen molar-refractivity contribution in [2.24, 2.45) is 11.1 Å². The molecule has 1 aromatic heterocycles. The number of ketones is 1. The standard InChI is InChI=1S/C30H21FN2O2/c31-22-17-15-19(16-18-22)27-25(23-13-7-8-14-24(23)32-27)28-26(29(34)20-9-3-1-4-10-20)30(35-33-28)21-11-5-2-6-12-21/h1-18,26,30,32H. The molecule has 0 bridgehead atoms. The highest BCUT2D eigenvalue weighted by Gasteiger charge is 2.43. The third-order valence-electron chi connectivity index (χ3n) is 6.43. The van der Waals surface area contributed by atoms with Crippen LogP contribution in [0.2, 0.25) is 0 Å². The molecule has 0 spiro atoms. The summed E-state index contributed by atoms with van der Waals surface area (Å²) in [5, 5.41) is 5.44. The maximum Gasteiger partial charge on any atom is 0.176 e. The molecule has 2 unspecified atom stereocenters. The Morgan fingerprint density at radius 2 is 1.46 bits per heavy atom. The normalized spacial score (nSPS) is 17.2. The summed E-state index contributed by atoms with van der Waals surface area (Å²) in [4.78, 5) is 23.4. The van der Waals surface area contributed by atoms with E-state index in [-0.39, 0.29) is 11.6 Å². The van der Waals surface area contributed by atoms with E-state index in [1.54, 1.807) is 12.1 Å². The number of hydrogen-bond acceptors (Lipinski definition) is 3. The van der Waals surface area contributed by atoms with Gasteiger partial charge in [-0.1, -0.05) is 84.0 Å². The van der Waals surface area contributed by atoms with Gasteiger partial charge >= 0.3 is 0 Å². The molecular weight excluding hydrogens is 439 g/mol. The number of rotatable bonds is 5. The van der Waals surface area contributed by atoms with Crippen LogP contribution in [0.3, 0.4) is 0 Å². The molecule has 0 saturated carbocycles. The highest BCUT2D eigenvalue weighted by atomic mass is 19.1. The number of Topliss-reactive ketones (excluding diaryl/α,β-unsaturated/α-hetero) is 1. The van der Waals surface area contributed by atoms with Crippen molar-refractivity contribution in [3.05, 3.63) is 132 Å². The second-order valence-corrected chi connectivity index (χ2v) is 8.55. The minimum Gasteiger partial charge on any atom is -0.386 e. The summed E-state index contributed by atoms with van der Waals surface area (Å²) in [5.74, 6) is -1.03. The number of hydrogen-bond donors (Lipinski definition) is 1. The molecule has 2 heterocycles. The third kappa shape index (κ3) is 3.71. The van der Waals surface area contributed by atoms with Crippen LogP contribution in [0, 0.1) is 11.7 Å². The highest BCUT2D eigenvalue weighted by Crippen LogP contribution is 2.41. The van der Waals surface area contributed by atoms with E-state index in [1.165, 1.54) is 12.1 Å². The predicted octanol–water partition coefficient (Wildman–Crippen LogP) is 6.95. The highest BCUT2D eigenvalue weighted by molar-refractivity contribution is 6.25. The second-order valence-electron chi connectivity index (χ2n) is 8.55. The minimum atomic E-state index is -0.654. The monoisotopic (exact) mass is 460 g/mol. The van der Waals surface area contributed by atoms with Crippen molar-refractivity contribution in [2.45, 2.75) is 6.10 Å². The van der Waals surface area contributed by atoms with Gasteiger partial charge in [0.25, 0.3) is 0 Å². The molecule has 1 N–H and O–H groups in total. The fourth-order valence-corrected chi connectivity index (χ4v) is 4.76. The van der Waals surface area contributed by atoms with Crippen LogP contribution in [-0.4, -0.2) is 16.5 Å². The Morgan fingerprint density at radius 3 is 2.20 bits per heavy atom. The van der Waals surface area contributed by atoms with Gasteiger partial charge < -0.3 is 9.82 Å². The maximum atomic E-state index is 13.9. The number of nitrogens with zero attached hydrogens (tertiary/aromatic N) is 1. The molecule has 6 rings (SSSR count). The summed E-state index contributed by atoms with van der Waals surface area (Å²) >= 11 is 0. The van der Waals surface area contributed by atoms with Gasteiger partial charge in [-0.15, -0.1) is 0 Å². The average molecular weight is 461 g/mol. The van der Waals surface area contributed by atoms with Gasteiger partial charge in [0.05, 0.1) is 5.69 Å². The van der Waals surface area contributed by atoms with E-state index in [4.69, 9.17) is 4.84 Å². The number of para-hydroxylation sites is 1. The SMILES string of the molecule is O=C(c1ccccc1)C1C(c2c(-c3ccc(F)cc3)[nH]c3ccccc23)=NOC1c1ccccc1. The molecule has 0 saturated heterocycles. The number of carbonyl (C=O) groups excluding carboxylic acids is 1. The summed E-state index contributed by atoms with van der Waals surface area (Å²) in [7, 11) is 0. The van der Waals surface area contributed by atoms with Crippen molar-refractivity contribution in [2.75, 3.05) is 0 Å². The van der Waals surface area contributed by atoms with Crippen molar-refractivity contribution >= 4 is 22.4 Å². The summed E-state index contributed by atoms with van der Waals surface area (Å²) in [6, 6.07) is 33.1. The first-order valence-corrected chi connectivity index (χ1v) is 11.5. The van der Waals surface area contributed by atoms with E-state index in [1.807, 2.05) is 84.9 Å². The number of aromatic amines is 1. The van der Waals surface area contributed by atoms with E-state index < -0.39 is 12.0 Å². The molecule has 1 aliphatic heterocycles. The van der Waals surface area contributed by atoms with Gasteiger partial charge in [0.1, 0.15) is 17.4 Å². The van der Waals surface area contributed by atoms with E-state index in [2.05, 4.69) is 10.1 Å². The molecule has 5 heteroatoms. The molecule has 5 aromatic rings. The second kappa shape index (κ2) is 8.69. The van der Waals surface area contributed by atoms with Crippen LogP contribution < -0.4 is 0 Å². The van der Waals surface area contributed by atoms with Gasteiger partial charge in [-0.25, -0.2) is 4.39 Å². The number of halogens is 1. The van der Waals surface area contributed by atoms with Crippen molar-refractivity contribution < 1.29 is 14.0 Å². The van der Waals surface area contributed by atoms with Crippen molar-refractivity contribution in [3.8, 4) is 11.3 Å². The molecular formula is C30H21FN2O2. The van der Waals surface area contributed by atoms with Crippen molar-refractivity contribution in [1.82, 2.24) is 4.98 Å². The number of fused-ring (bicyclic) bond motifs is 1. The number of oxime groups is 1. The zero-order valence-electron chi connectivity index (χ0n) is 18.7. The first-order chi connectivity index (χ1) is 17.2. The number of benzene rings is 4. The van der Waals surface area contributed by atoms with Crippen molar-refractivity contribution in [3.63, 3.8) is 0 Å². The van der Waals surface area contributed by atoms with Gasteiger partial charge in [0.2, 0.25) is 0 Å². The molecule has 4 nitrogen and oxygen atoms in total. The number of H-pyrrole nitrogens is 1. The van der Waals surface area contributed by atoms with E-state index in [9.17, 15) is 9.18 Å². The lowest BCUT2D eigenvalue weighted by molar-refractivity contribution is 0.0533. The van der Waals surface area contributed by atoms with E-state index in [0.717, 1.165) is 33.3 Å². The zero-order valence-corrected chi connectivity index (χ0v) is 18.7. The summed E-state index contributed by atoms with van der Waals surface area (Å²) in [5.41, 5.74) is 5.30. The minimum absolute atomic E-state index is 0.0639. The summed E-state index contributed by atoms with van der Waals surface area (Å²) in [6.45, 7) is 0.